The Balaban J connectivity index is 2.01. The van der Waals surface area contributed by atoms with Gasteiger partial charge < -0.3 is 10.1 Å². The molecule has 2 aromatic carbocycles. The fourth-order valence-corrected chi connectivity index (χ4v) is 2.71. The molecule has 0 saturated heterocycles. The largest absolute Gasteiger partial charge is 0.573 e. The molecule has 0 aliphatic carbocycles. The number of rotatable bonds is 5. The number of anilines is 2. The third-order valence-corrected chi connectivity index (χ3v) is 4.25. The van der Waals surface area contributed by atoms with E-state index in [1.54, 1.807) is 0 Å². The van der Waals surface area contributed by atoms with Crippen molar-refractivity contribution in [2.45, 2.75) is 6.36 Å². The topological polar surface area (TPSA) is 111 Å². The molecule has 1 heterocycles. The molecule has 1 aromatic heterocycles. The number of nitrogens with one attached hydrogen (secondary N) is 2. The van der Waals surface area contributed by atoms with Crippen LogP contribution in [0.2, 0.25) is 5.02 Å². The lowest BCUT2D eigenvalue weighted by Crippen LogP contribution is -2.22. The summed E-state index contributed by atoms with van der Waals surface area (Å²) < 4.78 is 70.6. The van der Waals surface area contributed by atoms with Crippen molar-refractivity contribution < 1.29 is 36.3 Å². The van der Waals surface area contributed by atoms with Crippen LogP contribution < -0.4 is 15.4 Å². The number of aryl methyl sites for hydroxylation is 1. The van der Waals surface area contributed by atoms with Crippen molar-refractivity contribution in [3.05, 3.63) is 58.1 Å². The summed E-state index contributed by atoms with van der Waals surface area (Å²) in [6.45, 7) is 0. The molecular formula is C17H10ClF5N6O3. The Morgan fingerprint density at radius 3 is 2.38 bits per heavy atom. The molecule has 32 heavy (non-hydrogen) atoms. The van der Waals surface area contributed by atoms with Crippen LogP contribution in [0.3, 0.4) is 0 Å². The number of alkyl halides is 3. The van der Waals surface area contributed by atoms with E-state index < -0.39 is 57.4 Å². The maximum Gasteiger partial charge on any atom is 0.573 e. The van der Waals surface area contributed by atoms with E-state index in [0.717, 1.165) is 28.9 Å². The van der Waals surface area contributed by atoms with E-state index in [1.807, 2.05) is 5.32 Å². The number of halogens is 6. The number of hydrogen-bond acceptors (Lipinski definition) is 6. The Morgan fingerprint density at radius 2 is 1.75 bits per heavy atom. The molecule has 2 N–H and O–H groups in total. The second-order valence-corrected chi connectivity index (χ2v) is 6.36. The first kappa shape index (κ1) is 22.9. The quantitative estimate of drug-likeness (QED) is 0.545. The van der Waals surface area contributed by atoms with Gasteiger partial charge in [-0.25, -0.2) is 13.5 Å². The average molecular weight is 477 g/mol. The van der Waals surface area contributed by atoms with Crippen molar-refractivity contribution in [1.82, 2.24) is 20.2 Å². The van der Waals surface area contributed by atoms with Gasteiger partial charge >= 0.3 is 6.36 Å². The maximum atomic E-state index is 13.9. The minimum Gasteiger partial charge on any atom is -0.404 e. The van der Waals surface area contributed by atoms with Crippen LogP contribution in [0.15, 0.2) is 30.3 Å². The number of carbonyl (C=O) groups is 2. The highest BCUT2D eigenvalue weighted by atomic mass is 35.5. The summed E-state index contributed by atoms with van der Waals surface area (Å²) in [4.78, 5) is 24.9. The van der Waals surface area contributed by atoms with E-state index in [2.05, 4.69) is 25.6 Å². The van der Waals surface area contributed by atoms with Gasteiger partial charge in [0, 0.05) is 7.05 Å². The summed E-state index contributed by atoms with van der Waals surface area (Å²) in [5, 5.41) is 13.8. The third kappa shape index (κ3) is 4.91. The summed E-state index contributed by atoms with van der Waals surface area (Å²) in [6, 6.07) is 4.25. The van der Waals surface area contributed by atoms with Gasteiger partial charge in [0.05, 0.1) is 16.1 Å². The minimum atomic E-state index is -5.19. The second kappa shape index (κ2) is 8.74. The predicted molar refractivity (Wildman–Crippen MR) is 99.2 cm³/mol. The van der Waals surface area contributed by atoms with Gasteiger partial charge in [-0.3, -0.25) is 14.9 Å². The van der Waals surface area contributed by atoms with E-state index in [-0.39, 0.29) is 5.95 Å². The highest BCUT2D eigenvalue weighted by Crippen LogP contribution is 2.38. The van der Waals surface area contributed by atoms with E-state index in [1.165, 1.54) is 7.05 Å². The fraction of sp³-hybridized carbons (Fsp3) is 0.118. The van der Waals surface area contributed by atoms with Crippen LogP contribution in [-0.2, 0) is 7.05 Å². The molecule has 3 rings (SSSR count). The standard InChI is InChI=1S/C17H10ClF5N6O3/c1-29-16(26-27-28-29)25-14(30)7-5-6-10(32-17(21,22)23)13(11(7)18)24-15(31)8-3-2-4-9(19)12(8)20/h2-6H,1H3,(H,24,31)(H,25,26,28,30). The van der Waals surface area contributed by atoms with Gasteiger partial charge in [-0.2, -0.15) is 0 Å². The number of carbonyl (C=O) groups excluding carboxylic acids is 2. The van der Waals surface area contributed by atoms with E-state index in [0.29, 0.717) is 6.07 Å². The van der Waals surface area contributed by atoms with Gasteiger partial charge in [0.2, 0.25) is 5.95 Å². The van der Waals surface area contributed by atoms with Crippen molar-refractivity contribution in [2.24, 2.45) is 7.05 Å². The van der Waals surface area contributed by atoms with Gasteiger partial charge in [0.15, 0.2) is 17.4 Å². The van der Waals surface area contributed by atoms with Crippen LogP contribution in [-0.4, -0.2) is 38.4 Å². The molecular weight excluding hydrogens is 467 g/mol. The Kier molecular flexibility index (Phi) is 6.25. The predicted octanol–water partition coefficient (Wildman–Crippen LogP) is 3.54. The molecule has 168 valence electrons. The third-order valence-electron chi connectivity index (χ3n) is 3.85. The maximum absolute atomic E-state index is 13.9. The lowest BCUT2D eigenvalue weighted by Gasteiger charge is -2.17. The number of aromatic nitrogens is 4. The summed E-state index contributed by atoms with van der Waals surface area (Å²) in [6.07, 6.45) is -5.19. The SMILES string of the molecule is Cn1nnnc1NC(=O)c1ccc(OC(F)(F)F)c(NC(=O)c2cccc(F)c2F)c1Cl. The fourth-order valence-electron chi connectivity index (χ4n) is 2.42. The molecule has 0 aliphatic heterocycles. The van der Waals surface area contributed by atoms with Crippen molar-refractivity contribution in [1.29, 1.82) is 0 Å². The Hall–Kier alpha value is -3.81. The van der Waals surface area contributed by atoms with Crippen molar-refractivity contribution in [3.8, 4) is 5.75 Å². The van der Waals surface area contributed by atoms with E-state index in [4.69, 9.17) is 11.6 Å². The van der Waals surface area contributed by atoms with Crippen molar-refractivity contribution in [3.63, 3.8) is 0 Å². The zero-order chi connectivity index (χ0) is 23.6. The van der Waals surface area contributed by atoms with Crippen LogP contribution >= 0.6 is 11.6 Å². The lowest BCUT2D eigenvalue weighted by molar-refractivity contribution is -0.274. The molecule has 0 fully saturated rings. The zero-order valence-electron chi connectivity index (χ0n) is 15.7. The summed E-state index contributed by atoms with van der Waals surface area (Å²) in [7, 11) is 1.40. The van der Waals surface area contributed by atoms with Crippen LogP contribution in [0.25, 0.3) is 0 Å². The monoisotopic (exact) mass is 476 g/mol. The molecule has 0 unspecified atom stereocenters. The van der Waals surface area contributed by atoms with Gasteiger partial charge in [0.25, 0.3) is 11.8 Å². The first-order valence-corrected chi connectivity index (χ1v) is 8.73. The van der Waals surface area contributed by atoms with Crippen molar-refractivity contribution in [2.75, 3.05) is 10.6 Å². The van der Waals surface area contributed by atoms with Gasteiger partial charge in [0.1, 0.15) is 5.69 Å². The molecule has 2 amide bonds. The Bertz CT molecular complexity index is 1200. The Labute approximate surface area is 180 Å². The van der Waals surface area contributed by atoms with E-state index in [9.17, 15) is 31.5 Å². The van der Waals surface area contributed by atoms with Crippen LogP contribution in [0, 0.1) is 11.6 Å². The number of nitrogens with zero attached hydrogens (tertiary/aromatic N) is 4. The molecule has 9 nitrogen and oxygen atoms in total. The number of benzene rings is 2. The summed E-state index contributed by atoms with van der Waals surface area (Å²) in [5.41, 5.74) is -2.03. The molecule has 0 spiro atoms. The Morgan fingerprint density at radius 1 is 1.06 bits per heavy atom. The van der Waals surface area contributed by atoms with Gasteiger partial charge in [-0.1, -0.05) is 22.8 Å². The number of ether oxygens (including phenoxy) is 1. The highest BCUT2D eigenvalue weighted by molar-refractivity contribution is 6.38. The molecule has 0 atom stereocenters. The second-order valence-electron chi connectivity index (χ2n) is 5.98. The normalized spacial score (nSPS) is 11.2. The number of amides is 2. The molecule has 0 bridgehead atoms. The minimum absolute atomic E-state index is 0.117. The average Bonchev–Trinajstić information content (AvgIpc) is 3.10. The van der Waals surface area contributed by atoms with Crippen LogP contribution in [0.5, 0.6) is 5.75 Å². The van der Waals surface area contributed by atoms with Gasteiger partial charge in [-0.05, 0) is 34.7 Å². The molecule has 0 saturated carbocycles. The first-order chi connectivity index (χ1) is 15.0. The number of tetrazole rings is 1. The number of hydrogen-bond donors (Lipinski definition) is 2. The lowest BCUT2D eigenvalue weighted by atomic mass is 10.1. The zero-order valence-corrected chi connectivity index (χ0v) is 16.4. The van der Waals surface area contributed by atoms with Crippen LogP contribution in [0.1, 0.15) is 20.7 Å². The molecule has 15 heteroatoms. The van der Waals surface area contributed by atoms with E-state index >= 15 is 0 Å². The summed E-state index contributed by atoms with van der Waals surface area (Å²) >= 11 is 6.07. The highest BCUT2D eigenvalue weighted by Gasteiger charge is 2.34. The molecule has 0 radical (unpaired) electrons. The van der Waals surface area contributed by atoms with Crippen molar-refractivity contribution >= 4 is 35.1 Å². The smallest absolute Gasteiger partial charge is 0.404 e. The molecule has 0 aliphatic rings. The summed E-state index contributed by atoms with van der Waals surface area (Å²) in [5.74, 6) is -6.30. The van der Waals surface area contributed by atoms with Crippen LogP contribution in [0.4, 0.5) is 33.6 Å². The first-order valence-electron chi connectivity index (χ1n) is 8.35. The molecule has 3 aromatic rings. The van der Waals surface area contributed by atoms with Gasteiger partial charge in [-0.15, -0.1) is 13.2 Å².